The summed E-state index contributed by atoms with van der Waals surface area (Å²) in [5.41, 5.74) is 5.32. The standard InChI is InChI=1S/C19H15Cl2FN4O3/c20-11-7-14-18(15(21)8-11)24-10-25(19(14)29)9-17(28)26(6-5-16(23)27)13-3-1-12(22)2-4-13/h1-4,7-8,10H,5-6,9H2,(H2,23,27). The van der Waals surface area contributed by atoms with Crippen LogP contribution in [0.1, 0.15) is 6.42 Å². The molecule has 1 heterocycles. The van der Waals surface area contributed by atoms with Crippen molar-refractivity contribution < 1.29 is 14.0 Å². The van der Waals surface area contributed by atoms with E-state index in [2.05, 4.69) is 4.98 Å². The average molecular weight is 437 g/mol. The van der Waals surface area contributed by atoms with Crippen LogP contribution in [0, 0.1) is 5.82 Å². The fraction of sp³-hybridized carbons (Fsp3) is 0.158. The topological polar surface area (TPSA) is 98.3 Å². The summed E-state index contributed by atoms with van der Waals surface area (Å²) in [4.78, 5) is 42.2. The number of nitrogens with two attached hydrogens (primary N) is 1. The van der Waals surface area contributed by atoms with Crippen molar-refractivity contribution in [3.8, 4) is 0 Å². The number of hydrogen-bond acceptors (Lipinski definition) is 4. The van der Waals surface area contributed by atoms with Gasteiger partial charge in [0.05, 0.1) is 22.3 Å². The number of nitrogens with zero attached hydrogens (tertiary/aromatic N) is 3. The quantitative estimate of drug-likeness (QED) is 0.641. The van der Waals surface area contributed by atoms with Crippen LogP contribution < -0.4 is 16.2 Å². The summed E-state index contributed by atoms with van der Waals surface area (Å²) < 4.78 is 14.3. The van der Waals surface area contributed by atoms with Gasteiger partial charge in [0.15, 0.2) is 0 Å². The second-order valence-corrected chi connectivity index (χ2v) is 7.04. The van der Waals surface area contributed by atoms with Crippen LogP contribution in [-0.2, 0) is 16.1 Å². The molecule has 0 saturated heterocycles. The Morgan fingerprint density at radius 2 is 1.86 bits per heavy atom. The van der Waals surface area contributed by atoms with E-state index in [1.165, 1.54) is 47.6 Å². The number of rotatable bonds is 6. The van der Waals surface area contributed by atoms with Crippen molar-refractivity contribution in [2.75, 3.05) is 11.4 Å². The van der Waals surface area contributed by atoms with Crippen molar-refractivity contribution in [1.29, 1.82) is 0 Å². The highest BCUT2D eigenvalue weighted by molar-refractivity contribution is 6.38. The minimum absolute atomic E-state index is 0.0206. The van der Waals surface area contributed by atoms with E-state index in [-0.39, 0.29) is 40.5 Å². The first kappa shape index (κ1) is 20.8. The van der Waals surface area contributed by atoms with Crippen LogP contribution in [0.3, 0.4) is 0 Å². The third-order valence-electron chi connectivity index (χ3n) is 4.17. The van der Waals surface area contributed by atoms with Crippen LogP contribution >= 0.6 is 23.2 Å². The first-order valence-electron chi connectivity index (χ1n) is 8.44. The molecule has 0 atom stereocenters. The van der Waals surface area contributed by atoms with Crippen LogP contribution in [-0.4, -0.2) is 27.9 Å². The summed E-state index contributed by atoms with van der Waals surface area (Å²) in [7, 11) is 0. The molecule has 0 fully saturated rings. The zero-order valence-electron chi connectivity index (χ0n) is 14.9. The van der Waals surface area contributed by atoms with Crippen molar-refractivity contribution in [1.82, 2.24) is 9.55 Å². The first-order chi connectivity index (χ1) is 13.8. The van der Waals surface area contributed by atoms with Gasteiger partial charge in [-0.05, 0) is 36.4 Å². The average Bonchev–Trinajstić information content (AvgIpc) is 2.65. The molecule has 0 unspecified atom stereocenters. The number of carbonyl (C=O) groups excluding carboxylic acids is 2. The molecule has 2 aromatic carbocycles. The number of hydrogen-bond donors (Lipinski definition) is 1. The van der Waals surface area contributed by atoms with Crippen molar-refractivity contribution in [3.63, 3.8) is 0 Å². The molecular formula is C19H15Cl2FN4O3. The highest BCUT2D eigenvalue weighted by Gasteiger charge is 2.19. The fourth-order valence-corrected chi connectivity index (χ4v) is 3.32. The molecule has 0 spiro atoms. The number of halogens is 3. The zero-order valence-corrected chi connectivity index (χ0v) is 16.5. The van der Waals surface area contributed by atoms with Gasteiger partial charge in [-0.3, -0.25) is 19.0 Å². The molecule has 0 aliphatic heterocycles. The van der Waals surface area contributed by atoms with Crippen LogP contribution in [0.25, 0.3) is 10.9 Å². The van der Waals surface area contributed by atoms with Gasteiger partial charge in [-0.2, -0.15) is 0 Å². The lowest BCUT2D eigenvalue weighted by atomic mass is 10.2. The maximum absolute atomic E-state index is 13.2. The Hall–Kier alpha value is -2.97. The van der Waals surface area contributed by atoms with Gasteiger partial charge in [0.25, 0.3) is 5.56 Å². The number of aromatic nitrogens is 2. The number of benzene rings is 2. The van der Waals surface area contributed by atoms with Crippen LogP contribution in [0.5, 0.6) is 0 Å². The van der Waals surface area contributed by atoms with Gasteiger partial charge in [0.2, 0.25) is 11.8 Å². The fourth-order valence-electron chi connectivity index (χ4n) is 2.78. The normalized spacial score (nSPS) is 10.9. The van der Waals surface area contributed by atoms with Gasteiger partial charge in [-0.15, -0.1) is 0 Å². The largest absolute Gasteiger partial charge is 0.370 e. The Morgan fingerprint density at radius 1 is 1.17 bits per heavy atom. The smallest absolute Gasteiger partial charge is 0.261 e. The van der Waals surface area contributed by atoms with Gasteiger partial charge < -0.3 is 10.6 Å². The highest BCUT2D eigenvalue weighted by Crippen LogP contribution is 2.24. The first-order valence-corrected chi connectivity index (χ1v) is 9.20. The molecule has 7 nitrogen and oxygen atoms in total. The minimum atomic E-state index is -0.598. The lowest BCUT2D eigenvalue weighted by molar-refractivity contribution is -0.119. The molecule has 0 radical (unpaired) electrons. The predicted molar refractivity (Wildman–Crippen MR) is 109 cm³/mol. The van der Waals surface area contributed by atoms with E-state index < -0.39 is 23.2 Å². The lowest BCUT2D eigenvalue weighted by Crippen LogP contribution is -2.38. The molecule has 1 aromatic heterocycles. The maximum atomic E-state index is 13.2. The van der Waals surface area contributed by atoms with Crippen molar-refractivity contribution in [2.45, 2.75) is 13.0 Å². The van der Waals surface area contributed by atoms with E-state index in [4.69, 9.17) is 28.9 Å². The Bertz CT molecular complexity index is 1150. The highest BCUT2D eigenvalue weighted by atomic mass is 35.5. The van der Waals surface area contributed by atoms with Gasteiger partial charge >= 0.3 is 0 Å². The molecule has 2 N–H and O–H groups in total. The molecule has 3 rings (SSSR count). The molecule has 2 amide bonds. The van der Waals surface area contributed by atoms with E-state index in [0.717, 1.165) is 4.57 Å². The summed E-state index contributed by atoms with van der Waals surface area (Å²) in [6.45, 7) is -0.380. The summed E-state index contributed by atoms with van der Waals surface area (Å²) in [5.74, 6) is -1.58. The second kappa shape index (κ2) is 8.59. The van der Waals surface area contributed by atoms with Gasteiger partial charge in [-0.25, -0.2) is 9.37 Å². The summed E-state index contributed by atoms with van der Waals surface area (Å²) in [6.07, 6.45) is 1.11. The van der Waals surface area contributed by atoms with Crippen LogP contribution in [0.2, 0.25) is 10.0 Å². The molecule has 10 heteroatoms. The SMILES string of the molecule is NC(=O)CCN(C(=O)Cn1cnc2c(Cl)cc(Cl)cc2c1=O)c1ccc(F)cc1. The molecule has 0 aliphatic rings. The molecular weight excluding hydrogens is 422 g/mol. The third kappa shape index (κ3) is 4.72. The monoisotopic (exact) mass is 436 g/mol. The predicted octanol–water partition coefficient (Wildman–Crippen LogP) is 2.75. The lowest BCUT2D eigenvalue weighted by Gasteiger charge is -2.23. The third-order valence-corrected chi connectivity index (χ3v) is 4.68. The summed E-state index contributed by atoms with van der Waals surface area (Å²) in [6, 6.07) is 8.06. The van der Waals surface area contributed by atoms with E-state index >= 15 is 0 Å². The molecule has 150 valence electrons. The minimum Gasteiger partial charge on any atom is -0.370 e. The van der Waals surface area contributed by atoms with Crippen molar-refractivity contribution >= 4 is 51.6 Å². The molecule has 0 bridgehead atoms. The van der Waals surface area contributed by atoms with Gasteiger partial charge in [0.1, 0.15) is 12.4 Å². The van der Waals surface area contributed by atoms with E-state index in [9.17, 15) is 18.8 Å². The Morgan fingerprint density at radius 3 is 2.52 bits per heavy atom. The number of amides is 2. The maximum Gasteiger partial charge on any atom is 0.261 e. The van der Waals surface area contributed by atoms with Crippen LogP contribution in [0.4, 0.5) is 10.1 Å². The number of fused-ring (bicyclic) bond motifs is 1. The molecule has 29 heavy (non-hydrogen) atoms. The Kier molecular flexibility index (Phi) is 6.14. The molecule has 0 aliphatic carbocycles. The number of primary amides is 1. The summed E-state index contributed by atoms with van der Waals surface area (Å²) in [5, 5.41) is 0.653. The zero-order chi connectivity index (χ0) is 21.1. The Balaban J connectivity index is 1.94. The second-order valence-electron chi connectivity index (χ2n) is 6.20. The van der Waals surface area contributed by atoms with Crippen molar-refractivity contribution in [3.05, 3.63) is 68.9 Å². The van der Waals surface area contributed by atoms with E-state index in [0.29, 0.717) is 5.69 Å². The van der Waals surface area contributed by atoms with Gasteiger partial charge in [-0.1, -0.05) is 23.2 Å². The van der Waals surface area contributed by atoms with E-state index in [1.807, 2.05) is 0 Å². The number of carbonyl (C=O) groups is 2. The van der Waals surface area contributed by atoms with Crippen molar-refractivity contribution in [2.24, 2.45) is 5.73 Å². The van der Waals surface area contributed by atoms with E-state index in [1.54, 1.807) is 0 Å². The van der Waals surface area contributed by atoms with Gasteiger partial charge in [0, 0.05) is 23.7 Å². The molecule has 0 saturated carbocycles. The summed E-state index contributed by atoms with van der Waals surface area (Å²) >= 11 is 12.0. The molecule has 3 aromatic rings. The number of anilines is 1. The Labute approximate surface area is 174 Å². The van der Waals surface area contributed by atoms with Crippen LogP contribution in [0.15, 0.2) is 47.5 Å².